The average molecular weight is 420 g/mol. The van der Waals surface area contributed by atoms with E-state index in [1.165, 1.54) is 0 Å². The fourth-order valence-corrected chi connectivity index (χ4v) is 5.13. The van der Waals surface area contributed by atoms with E-state index < -0.39 is 0 Å². The Morgan fingerprint density at radius 1 is 1.35 bits per heavy atom. The highest BCUT2D eigenvalue weighted by Gasteiger charge is 2.30. The zero-order valence-electron chi connectivity index (χ0n) is 18.2. The van der Waals surface area contributed by atoms with Gasteiger partial charge in [-0.05, 0) is 57.0 Å². The zero-order chi connectivity index (χ0) is 21.5. The summed E-state index contributed by atoms with van der Waals surface area (Å²) in [6, 6.07) is 4.27. The van der Waals surface area contributed by atoms with Crippen molar-refractivity contribution in [3.05, 3.63) is 35.0 Å². The molecule has 0 spiro atoms. The van der Waals surface area contributed by atoms with Crippen molar-refractivity contribution in [3.63, 3.8) is 0 Å². The van der Waals surface area contributed by atoms with E-state index in [2.05, 4.69) is 46.0 Å². The van der Waals surface area contributed by atoms with Gasteiger partial charge in [-0.2, -0.15) is 0 Å². The summed E-state index contributed by atoms with van der Waals surface area (Å²) in [5, 5.41) is 0. The number of fused-ring (bicyclic) bond motifs is 2. The standard InChI is InChI=1S/C24H29N5O2/c1-28(2)13-15-6-8-29(14-15)20-11-19(22-18(5-7-26-22)21(20)23(25)30)17-10-16-4-3-9-31-24(16)27-12-17/h7,10-12,15H,3-6,8-9,13-14H2,1-2H3,(H2,25,30). The van der Waals surface area contributed by atoms with Crippen LogP contribution in [-0.4, -0.2) is 62.3 Å². The number of nitrogens with zero attached hydrogens (tertiary/aromatic N) is 4. The minimum atomic E-state index is -0.378. The summed E-state index contributed by atoms with van der Waals surface area (Å²) in [7, 11) is 4.21. The first kappa shape index (κ1) is 20.0. The number of aryl methyl sites for hydroxylation is 1. The number of aromatic nitrogens is 1. The van der Waals surface area contributed by atoms with Crippen LogP contribution in [0.15, 0.2) is 23.3 Å². The van der Waals surface area contributed by atoms with Gasteiger partial charge in [0.25, 0.3) is 5.91 Å². The first-order valence-corrected chi connectivity index (χ1v) is 11.0. The molecule has 1 fully saturated rings. The van der Waals surface area contributed by atoms with Gasteiger partial charge >= 0.3 is 0 Å². The van der Waals surface area contributed by atoms with Crippen LogP contribution in [0.25, 0.3) is 11.1 Å². The summed E-state index contributed by atoms with van der Waals surface area (Å²) in [6.45, 7) is 3.61. The molecule has 3 aliphatic heterocycles. The maximum absolute atomic E-state index is 12.5. The highest BCUT2D eigenvalue weighted by molar-refractivity contribution is 6.06. The second-order valence-electron chi connectivity index (χ2n) is 9.03. The van der Waals surface area contributed by atoms with E-state index in [1.54, 1.807) is 0 Å². The number of rotatable bonds is 5. The first-order chi connectivity index (χ1) is 15.0. The topological polar surface area (TPSA) is 84.0 Å². The lowest BCUT2D eigenvalue weighted by molar-refractivity contribution is 0.1000. The van der Waals surface area contributed by atoms with Gasteiger partial charge in [-0.1, -0.05) is 0 Å². The molecule has 2 aromatic rings. The molecule has 0 radical (unpaired) electrons. The van der Waals surface area contributed by atoms with E-state index in [-0.39, 0.29) is 5.91 Å². The van der Waals surface area contributed by atoms with E-state index in [0.717, 1.165) is 85.0 Å². The molecule has 3 aliphatic rings. The van der Waals surface area contributed by atoms with Crippen LogP contribution in [0.3, 0.4) is 0 Å². The van der Waals surface area contributed by atoms with Gasteiger partial charge in [-0.3, -0.25) is 9.79 Å². The van der Waals surface area contributed by atoms with Gasteiger partial charge in [0.2, 0.25) is 5.88 Å². The molecule has 0 saturated carbocycles. The quantitative estimate of drug-likeness (QED) is 0.806. The molecule has 1 atom stereocenters. The first-order valence-electron chi connectivity index (χ1n) is 11.0. The molecule has 1 aromatic heterocycles. The van der Waals surface area contributed by atoms with E-state index in [0.29, 0.717) is 17.9 Å². The third-order valence-corrected chi connectivity index (χ3v) is 6.46. The van der Waals surface area contributed by atoms with Crippen LogP contribution in [0.5, 0.6) is 5.88 Å². The van der Waals surface area contributed by atoms with Crippen molar-refractivity contribution in [3.8, 4) is 17.0 Å². The molecule has 0 aliphatic carbocycles. The number of primary amides is 1. The summed E-state index contributed by atoms with van der Waals surface area (Å²) in [4.78, 5) is 26.3. The van der Waals surface area contributed by atoms with Crippen molar-refractivity contribution < 1.29 is 9.53 Å². The number of anilines is 1. The van der Waals surface area contributed by atoms with Crippen molar-refractivity contribution >= 4 is 23.5 Å². The molecular formula is C24H29N5O2. The Labute approximate surface area is 182 Å². The third kappa shape index (κ3) is 3.67. The Kier molecular flexibility index (Phi) is 5.14. The number of benzene rings is 1. The number of ether oxygens (including phenoxy) is 1. The summed E-state index contributed by atoms with van der Waals surface area (Å²) >= 11 is 0. The van der Waals surface area contributed by atoms with Crippen LogP contribution in [0.2, 0.25) is 0 Å². The van der Waals surface area contributed by atoms with Crippen LogP contribution in [-0.2, 0) is 12.8 Å². The second-order valence-corrected chi connectivity index (χ2v) is 9.03. The third-order valence-electron chi connectivity index (χ3n) is 6.46. The number of amides is 1. The normalized spacial score (nSPS) is 19.5. The maximum Gasteiger partial charge on any atom is 0.251 e. The fourth-order valence-electron chi connectivity index (χ4n) is 5.13. The Morgan fingerprint density at radius 2 is 2.23 bits per heavy atom. The highest BCUT2D eigenvalue weighted by atomic mass is 16.5. The molecule has 1 saturated heterocycles. The molecular weight excluding hydrogens is 390 g/mol. The Morgan fingerprint density at radius 3 is 3.03 bits per heavy atom. The smallest absolute Gasteiger partial charge is 0.251 e. The predicted octanol–water partition coefficient (Wildman–Crippen LogP) is 2.82. The zero-order valence-corrected chi connectivity index (χ0v) is 18.2. The number of aliphatic imine (C=N–C) groups is 1. The molecule has 0 bridgehead atoms. The van der Waals surface area contributed by atoms with E-state index in [4.69, 9.17) is 10.5 Å². The van der Waals surface area contributed by atoms with Gasteiger partial charge in [0.05, 0.1) is 23.5 Å². The average Bonchev–Trinajstić information content (AvgIpc) is 3.41. The Balaban J connectivity index is 1.60. The summed E-state index contributed by atoms with van der Waals surface area (Å²) < 4.78 is 5.69. The number of carbonyl (C=O) groups excluding carboxylic acids is 1. The molecule has 7 nitrogen and oxygen atoms in total. The SMILES string of the molecule is CN(C)CC1CCN(c2cc(-c3cnc4c(c3)CCCO4)c3c(c2C(N)=O)CC=N3)C1. The monoisotopic (exact) mass is 419 g/mol. The van der Waals surface area contributed by atoms with Crippen molar-refractivity contribution in [2.24, 2.45) is 16.6 Å². The summed E-state index contributed by atoms with van der Waals surface area (Å²) in [5.41, 5.74) is 12.4. The van der Waals surface area contributed by atoms with Crippen LogP contribution < -0.4 is 15.4 Å². The number of hydrogen-bond acceptors (Lipinski definition) is 6. The van der Waals surface area contributed by atoms with Gasteiger partial charge in [-0.25, -0.2) is 4.98 Å². The molecule has 1 aromatic carbocycles. The van der Waals surface area contributed by atoms with E-state index in [9.17, 15) is 4.79 Å². The van der Waals surface area contributed by atoms with Gasteiger partial charge in [-0.15, -0.1) is 0 Å². The van der Waals surface area contributed by atoms with Crippen LogP contribution in [0.4, 0.5) is 11.4 Å². The van der Waals surface area contributed by atoms with Crippen LogP contribution in [0.1, 0.15) is 34.3 Å². The van der Waals surface area contributed by atoms with Gasteiger partial charge in [0.1, 0.15) is 0 Å². The lowest BCUT2D eigenvalue weighted by atomic mass is 9.93. The van der Waals surface area contributed by atoms with Crippen molar-refractivity contribution in [2.45, 2.75) is 25.7 Å². The molecule has 1 unspecified atom stereocenters. The lowest BCUT2D eigenvalue weighted by Crippen LogP contribution is -2.28. The number of nitrogens with two attached hydrogens (primary N) is 1. The molecule has 1 amide bonds. The molecule has 31 heavy (non-hydrogen) atoms. The van der Waals surface area contributed by atoms with E-state index in [1.807, 2.05) is 12.4 Å². The largest absolute Gasteiger partial charge is 0.477 e. The van der Waals surface area contributed by atoms with Crippen molar-refractivity contribution in [2.75, 3.05) is 45.2 Å². The summed E-state index contributed by atoms with van der Waals surface area (Å²) in [6.07, 6.45) is 7.44. The number of hydrogen-bond donors (Lipinski definition) is 1. The molecule has 162 valence electrons. The predicted molar refractivity (Wildman–Crippen MR) is 123 cm³/mol. The van der Waals surface area contributed by atoms with Gasteiger partial charge in [0.15, 0.2) is 0 Å². The number of pyridine rings is 1. The summed E-state index contributed by atoms with van der Waals surface area (Å²) in [5.74, 6) is 0.928. The number of carbonyl (C=O) groups is 1. The van der Waals surface area contributed by atoms with Crippen molar-refractivity contribution in [1.82, 2.24) is 9.88 Å². The highest BCUT2D eigenvalue weighted by Crippen LogP contribution is 2.44. The molecule has 5 rings (SSSR count). The Hall–Kier alpha value is -2.93. The van der Waals surface area contributed by atoms with Gasteiger partial charge in [0, 0.05) is 55.2 Å². The minimum Gasteiger partial charge on any atom is -0.477 e. The fraction of sp³-hybridized carbons (Fsp3) is 0.458. The van der Waals surface area contributed by atoms with Crippen LogP contribution >= 0.6 is 0 Å². The molecule has 4 heterocycles. The molecule has 2 N–H and O–H groups in total. The van der Waals surface area contributed by atoms with Crippen LogP contribution in [0, 0.1) is 5.92 Å². The lowest BCUT2D eigenvalue weighted by Gasteiger charge is -2.25. The minimum absolute atomic E-state index is 0.378. The van der Waals surface area contributed by atoms with Crippen molar-refractivity contribution in [1.29, 1.82) is 0 Å². The van der Waals surface area contributed by atoms with Gasteiger partial charge < -0.3 is 20.3 Å². The maximum atomic E-state index is 12.5. The molecule has 7 heteroatoms. The second kappa shape index (κ2) is 7.96. The Bertz CT molecular complexity index is 1060. The van der Waals surface area contributed by atoms with E-state index >= 15 is 0 Å².